The number of fused-ring (bicyclic) bond motifs is 1. The largest absolute Gasteiger partial charge is 0.351 e. The molecule has 3 aromatic rings. The molecule has 0 atom stereocenters. The molecule has 0 saturated heterocycles. The van der Waals surface area contributed by atoms with E-state index in [9.17, 15) is 14.4 Å². The van der Waals surface area contributed by atoms with E-state index in [-0.39, 0.29) is 11.2 Å². The van der Waals surface area contributed by atoms with Crippen molar-refractivity contribution < 1.29 is 4.79 Å². The zero-order valence-corrected chi connectivity index (χ0v) is 13.4. The van der Waals surface area contributed by atoms with E-state index in [4.69, 9.17) is 5.73 Å². The number of nitrogens with zero attached hydrogens (tertiary/aromatic N) is 4. The molecule has 0 radical (unpaired) electrons. The van der Waals surface area contributed by atoms with Gasteiger partial charge in [0.2, 0.25) is 0 Å². The van der Waals surface area contributed by atoms with Crippen LogP contribution in [0.1, 0.15) is 0 Å². The number of carbonyl (C=O) groups excluding carboxylic acids is 1. The number of H-pyrrole nitrogens is 1. The van der Waals surface area contributed by atoms with Crippen molar-refractivity contribution in [2.24, 2.45) is 19.8 Å². The van der Waals surface area contributed by atoms with E-state index in [1.54, 1.807) is 38.4 Å². The number of urea groups is 1. The summed E-state index contributed by atoms with van der Waals surface area (Å²) in [5.41, 5.74) is 6.24. The molecule has 9 heteroatoms. The highest BCUT2D eigenvalue weighted by atomic mass is 16.2. The van der Waals surface area contributed by atoms with E-state index in [0.717, 1.165) is 4.57 Å². The number of imidazole rings is 1. The monoisotopic (exact) mass is 328 g/mol. The maximum absolute atomic E-state index is 12.2. The second-order valence-corrected chi connectivity index (χ2v) is 5.43. The van der Waals surface area contributed by atoms with Gasteiger partial charge in [-0.15, -0.1) is 0 Å². The van der Waals surface area contributed by atoms with Gasteiger partial charge in [0.1, 0.15) is 11.3 Å². The Morgan fingerprint density at radius 3 is 2.38 bits per heavy atom. The van der Waals surface area contributed by atoms with Crippen LogP contribution in [0.3, 0.4) is 0 Å². The highest BCUT2D eigenvalue weighted by molar-refractivity contribution is 5.90. The van der Waals surface area contributed by atoms with Gasteiger partial charge >= 0.3 is 11.7 Å². The molecule has 2 amide bonds. The number of hydrogen-bond donors (Lipinski definition) is 2. The van der Waals surface area contributed by atoms with Crippen LogP contribution >= 0.6 is 0 Å². The molecule has 124 valence electrons. The van der Waals surface area contributed by atoms with E-state index in [1.165, 1.54) is 16.5 Å². The number of aromatic amines is 1. The first-order chi connectivity index (χ1) is 11.3. The van der Waals surface area contributed by atoms with Crippen molar-refractivity contribution in [3.8, 4) is 11.4 Å². The smallest absolute Gasteiger partial charge is 0.332 e. The van der Waals surface area contributed by atoms with Crippen molar-refractivity contribution in [1.82, 2.24) is 19.1 Å². The lowest BCUT2D eigenvalue weighted by Crippen LogP contribution is -2.36. The summed E-state index contributed by atoms with van der Waals surface area (Å²) in [7, 11) is 4.54. The summed E-state index contributed by atoms with van der Waals surface area (Å²) in [4.78, 5) is 43.9. The Hall–Kier alpha value is -3.36. The fourth-order valence-corrected chi connectivity index (χ4v) is 2.43. The Kier molecular flexibility index (Phi) is 3.48. The Morgan fingerprint density at radius 1 is 1.17 bits per heavy atom. The Labute approximate surface area is 136 Å². The third kappa shape index (κ3) is 2.26. The summed E-state index contributed by atoms with van der Waals surface area (Å²) < 4.78 is 2.33. The molecule has 3 N–H and O–H groups in total. The van der Waals surface area contributed by atoms with E-state index < -0.39 is 17.3 Å². The lowest BCUT2D eigenvalue weighted by atomic mass is 10.2. The second-order valence-electron chi connectivity index (χ2n) is 5.43. The van der Waals surface area contributed by atoms with Crippen molar-refractivity contribution in [2.75, 3.05) is 11.9 Å². The maximum Gasteiger partial charge on any atom is 0.332 e. The molecule has 1 aromatic carbocycles. The molecule has 0 spiro atoms. The van der Waals surface area contributed by atoms with Gasteiger partial charge in [0.15, 0.2) is 5.65 Å². The van der Waals surface area contributed by atoms with Crippen molar-refractivity contribution in [2.45, 2.75) is 0 Å². The summed E-state index contributed by atoms with van der Waals surface area (Å²) in [6.45, 7) is 0. The number of hydrogen-bond acceptors (Lipinski definition) is 4. The first kappa shape index (κ1) is 15.5. The zero-order chi connectivity index (χ0) is 17.6. The minimum Gasteiger partial charge on any atom is -0.351 e. The SMILES string of the molecule is CN(C(N)=O)c1ccc(-c2nc3c([nH]2)c(=O)n(C)c(=O)n3C)cc1. The average molecular weight is 328 g/mol. The molecule has 3 rings (SSSR count). The molecule has 0 fully saturated rings. The van der Waals surface area contributed by atoms with Crippen LogP contribution in [0.25, 0.3) is 22.6 Å². The molecule has 0 aliphatic rings. The first-order valence-electron chi connectivity index (χ1n) is 7.10. The molecule has 0 aliphatic heterocycles. The zero-order valence-electron chi connectivity index (χ0n) is 13.4. The third-order valence-corrected chi connectivity index (χ3v) is 3.95. The Balaban J connectivity index is 2.12. The molecule has 0 aliphatic carbocycles. The number of aromatic nitrogens is 4. The number of primary amides is 1. The summed E-state index contributed by atoms with van der Waals surface area (Å²) in [5.74, 6) is 0.455. The van der Waals surface area contributed by atoms with Gasteiger partial charge in [-0.3, -0.25) is 18.8 Å². The van der Waals surface area contributed by atoms with Crippen molar-refractivity contribution >= 4 is 22.9 Å². The fourth-order valence-electron chi connectivity index (χ4n) is 2.43. The van der Waals surface area contributed by atoms with Crippen LogP contribution in [0.15, 0.2) is 33.9 Å². The number of benzene rings is 1. The van der Waals surface area contributed by atoms with Crippen LogP contribution in [0, 0.1) is 0 Å². The maximum atomic E-state index is 12.2. The summed E-state index contributed by atoms with van der Waals surface area (Å²) >= 11 is 0. The van der Waals surface area contributed by atoms with Gasteiger partial charge in [-0.05, 0) is 24.3 Å². The number of anilines is 1. The van der Waals surface area contributed by atoms with Gasteiger partial charge in [-0.2, -0.15) is 0 Å². The lowest BCUT2D eigenvalue weighted by molar-refractivity contribution is 0.255. The summed E-state index contributed by atoms with van der Waals surface area (Å²) in [6.07, 6.45) is 0. The van der Waals surface area contributed by atoms with Crippen LogP contribution in [0.4, 0.5) is 10.5 Å². The lowest BCUT2D eigenvalue weighted by Gasteiger charge is -2.14. The van der Waals surface area contributed by atoms with Crippen molar-refractivity contribution in [3.05, 3.63) is 45.1 Å². The highest BCUT2D eigenvalue weighted by Crippen LogP contribution is 2.21. The third-order valence-electron chi connectivity index (χ3n) is 3.95. The van der Waals surface area contributed by atoms with Gasteiger partial charge in [0.05, 0.1) is 0 Å². The van der Waals surface area contributed by atoms with E-state index in [0.29, 0.717) is 17.1 Å². The Morgan fingerprint density at radius 2 is 1.79 bits per heavy atom. The number of rotatable bonds is 2. The molecule has 2 heterocycles. The van der Waals surface area contributed by atoms with Crippen LogP contribution < -0.4 is 21.9 Å². The molecular formula is C15H16N6O3. The first-order valence-corrected chi connectivity index (χ1v) is 7.10. The number of nitrogens with two attached hydrogens (primary N) is 1. The highest BCUT2D eigenvalue weighted by Gasteiger charge is 2.14. The second kappa shape index (κ2) is 5.37. The molecule has 24 heavy (non-hydrogen) atoms. The summed E-state index contributed by atoms with van der Waals surface area (Å²) in [5, 5.41) is 0. The topological polar surface area (TPSA) is 119 Å². The summed E-state index contributed by atoms with van der Waals surface area (Å²) in [6, 6.07) is 6.35. The number of amides is 2. The van der Waals surface area contributed by atoms with Gasteiger partial charge in [0.25, 0.3) is 5.56 Å². The fraction of sp³-hybridized carbons (Fsp3) is 0.200. The molecule has 9 nitrogen and oxygen atoms in total. The standard InChI is InChI=1S/C15H16N6O3/c1-19(14(16)23)9-6-4-8(5-7-9)11-17-10-12(18-11)20(2)15(24)21(3)13(10)22/h4-7H,1-3H3,(H2,16,23)(H,17,18). The van der Waals surface area contributed by atoms with E-state index in [1.807, 2.05) is 0 Å². The normalized spacial score (nSPS) is 11.0. The Bertz CT molecular complexity index is 1060. The number of carbonyl (C=O) groups is 1. The molecule has 0 unspecified atom stereocenters. The van der Waals surface area contributed by atoms with Crippen LogP contribution in [0.2, 0.25) is 0 Å². The van der Waals surface area contributed by atoms with Gasteiger partial charge in [-0.25, -0.2) is 14.6 Å². The predicted octanol–water partition coefficient (Wildman–Crippen LogP) is 0.142. The quantitative estimate of drug-likeness (QED) is 0.695. The van der Waals surface area contributed by atoms with Gasteiger partial charge in [0, 0.05) is 32.4 Å². The molecule has 0 saturated carbocycles. The predicted molar refractivity (Wildman–Crippen MR) is 90.0 cm³/mol. The van der Waals surface area contributed by atoms with Gasteiger partial charge in [-0.1, -0.05) is 0 Å². The van der Waals surface area contributed by atoms with Crippen LogP contribution in [-0.4, -0.2) is 32.2 Å². The minimum absolute atomic E-state index is 0.257. The number of aryl methyl sites for hydroxylation is 1. The van der Waals surface area contributed by atoms with Crippen molar-refractivity contribution in [1.29, 1.82) is 0 Å². The number of nitrogens with one attached hydrogen (secondary N) is 1. The van der Waals surface area contributed by atoms with Crippen LogP contribution in [-0.2, 0) is 14.1 Å². The van der Waals surface area contributed by atoms with Crippen molar-refractivity contribution in [3.63, 3.8) is 0 Å². The molecule has 0 bridgehead atoms. The minimum atomic E-state index is -0.565. The van der Waals surface area contributed by atoms with Crippen LogP contribution in [0.5, 0.6) is 0 Å². The van der Waals surface area contributed by atoms with E-state index >= 15 is 0 Å². The molecule has 2 aromatic heterocycles. The average Bonchev–Trinajstić information content (AvgIpc) is 3.03. The van der Waals surface area contributed by atoms with E-state index in [2.05, 4.69) is 9.97 Å². The van der Waals surface area contributed by atoms with Gasteiger partial charge < -0.3 is 10.7 Å². The molecular weight excluding hydrogens is 312 g/mol.